The summed E-state index contributed by atoms with van der Waals surface area (Å²) in [4.78, 5) is 29.0. The highest BCUT2D eigenvalue weighted by molar-refractivity contribution is 5.94. The zero-order chi connectivity index (χ0) is 17.5. The second kappa shape index (κ2) is 8.97. The number of ether oxygens (including phenoxy) is 1. The van der Waals surface area contributed by atoms with Gasteiger partial charge < -0.3 is 19.9 Å². The van der Waals surface area contributed by atoms with Crippen molar-refractivity contribution in [2.75, 3.05) is 45.9 Å². The summed E-state index contributed by atoms with van der Waals surface area (Å²) in [7, 11) is 0. The van der Waals surface area contributed by atoms with Crippen LogP contribution in [0.2, 0.25) is 0 Å². The van der Waals surface area contributed by atoms with E-state index in [-0.39, 0.29) is 17.9 Å². The van der Waals surface area contributed by atoms with E-state index in [0.717, 1.165) is 45.6 Å². The third-order valence-electron chi connectivity index (χ3n) is 4.82. The molecule has 0 radical (unpaired) electrons. The molecule has 1 aromatic rings. The fraction of sp³-hybridized carbons (Fsp3) is 0.579. The second-order valence-electron chi connectivity index (χ2n) is 6.63. The minimum atomic E-state index is -0.0239. The Kier molecular flexibility index (Phi) is 6.42. The summed E-state index contributed by atoms with van der Waals surface area (Å²) in [5.74, 6) is 0.101. The second-order valence-corrected chi connectivity index (χ2v) is 6.63. The van der Waals surface area contributed by atoms with Crippen molar-refractivity contribution in [1.82, 2.24) is 15.1 Å². The SMILES string of the molecule is O=C(CCN(CC1CCCO1)C(=O)c1ccccc1)N1CCNCC1. The molecule has 0 aromatic heterocycles. The smallest absolute Gasteiger partial charge is 0.253 e. The van der Waals surface area contributed by atoms with Gasteiger partial charge in [-0.15, -0.1) is 0 Å². The van der Waals surface area contributed by atoms with Crippen LogP contribution < -0.4 is 5.32 Å². The van der Waals surface area contributed by atoms with Crippen LogP contribution in [0.25, 0.3) is 0 Å². The molecule has 1 atom stereocenters. The summed E-state index contributed by atoms with van der Waals surface area (Å²) in [6.45, 7) is 4.94. The van der Waals surface area contributed by atoms with Gasteiger partial charge in [0.25, 0.3) is 5.91 Å². The summed E-state index contributed by atoms with van der Waals surface area (Å²) in [6.07, 6.45) is 2.47. The number of carbonyl (C=O) groups excluding carboxylic acids is 2. The molecular weight excluding hydrogens is 318 g/mol. The first-order chi connectivity index (χ1) is 12.2. The lowest BCUT2D eigenvalue weighted by Gasteiger charge is -2.29. The van der Waals surface area contributed by atoms with Crippen molar-refractivity contribution in [1.29, 1.82) is 0 Å². The molecule has 0 spiro atoms. The molecule has 1 aromatic carbocycles. The number of rotatable bonds is 6. The molecule has 6 heteroatoms. The van der Waals surface area contributed by atoms with Crippen molar-refractivity contribution in [2.24, 2.45) is 0 Å². The third-order valence-corrected chi connectivity index (χ3v) is 4.82. The zero-order valence-corrected chi connectivity index (χ0v) is 14.7. The molecule has 0 saturated carbocycles. The first-order valence-corrected chi connectivity index (χ1v) is 9.18. The Hall–Kier alpha value is -1.92. The lowest BCUT2D eigenvalue weighted by atomic mass is 10.1. The van der Waals surface area contributed by atoms with Gasteiger partial charge in [0.2, 0.25) is 5.91 Å². The van der Waals surface area contributed by atoms with Gasteiger partial charge in [-0.05, 0) is 25.0 Å². The molecule has 0 aliphatic carbocycles. The number of benzene rings is 1. The van der Waals surface area contributed by atoms with Crippen molar-refractivity contribution in [2.45, 2.75) is 25.4 Å². The Morgan fingerprint density at radius 3 is 2.64 bits per heavy atom. The Bertz CT molecular complexity index is 567. The zero-order valence-electron chi connectivity index (χ0n) is 14.7. The largest absolute Gasteiger partial charge is 0.376 e. The average molecular weight is 345 g/mol. The maximum absolute atomic E-state index is 12.9. The topological polar surface area (TPSA) is 61.9 Å². The number of nitrogens with zero attached hydrogens (tertiary/aromatic N) is 2. The fourth-order valence-electron chi connectivity index (χ4n) is 3.38. The number of nitrogens with one attached hydrogen (secondary N) is 1. The number of carbonyl (C=O) groups is 2. The molecule has 2 saturated heterocycles. The van der Waals surface area contributed by atoms with Crippen LogP contribution in [-0.2, 0) is 9.53 Å². The van der Waals surface area contributed by atoms with Crippen LogP contribution in [0.4, 0.5) is 0 Å². The number of hydrogen-bond donors (Lipinski definition) is 1. The van der Waals surface area contributed by atoms with Crippen LogP contribution in [0.5, 0.6) is 0 Å². The van der Waals surface area contributed by atoms with E-state index in [1.54, 1.807) is 4.90 Å². The van der Waals surface area contributed by atoms with Crippen LogP contribution in [0.3, 0.4) is 0 Å². The van der Waals surface area contributed by atoms with E-state index in [4.69, 9.17) is 4.74 Å². The fourth-order valence-corrected chi connectivity index (χ4v) is 3.38. The summed E-state index contributed by atoms with van der Waals surface area (Å²) in [5.41, 5.74) is 0.662. The molecule has 1 unspecified atom stereocenters. The van der Waals surface area contributed by atoms with Gasteiger partial charge in [0.1, 0.15) is 0 Å². The van der Waals surface area contributed by atoms with Crippen molar-refractivity contribution in [3.05, 3.63) is 35.9 Å². The average Bonchev–Trinajstić information content (AvgIpc) is 3.19. The molecule has 136 valence electrons. The Morgan fingerprint density at radius 1 is 1.20 bits per heavy atom. The van der Waals surface area contributed by atoms with Crippen molar-refractivity contribution in [3.8, 4) is 0 Å². The predicted molar refractivity (Wildman–Crippen MR) is 95.4 cm³/mol. The number of hydrogen-bond acceptors (Lipinski definition) is 4. The Balaban J connectivity index is 1.61. The number of piperazine rings is 1. The van der Waals surface area contributed by atoms with Crippen LogP contribution in [-0.4, -0.2) is 73.6 Å². The van der Waals surface area contributed by atoms with E-state index in [2.05, 4.69) is 5.32 Å². The minimum Gasteiger partial charge on any atom is -0.376 e. The van der Waals surface area contributed by atoms with Crippen LogP contribution in [0, 0.1) is 0 Å². The highest BCUT2D eigenvalue weighted by atomic mass is 16.5. The van der Waals surface area contributed by atoms with E-state index < -0.39 is 0 Å². The van der Waals surface area contributed by atoms with Crippen LogP contribution >= 0.6 is 0 Å². The van der Waals surface area contributed by atoms with Gasteiger partial charge in [-0.25, -0.2) is 0 Å². The summed E-state index contributed by atoms with van der Waals surface area (Å²) in [5, 5.41) is 3.25. The molecule has 0 bridgehead atoms. The predicted octanol–water partition coefficient (Wildman–Crippen LogP) is 1.13. The molecule has 6 nitrogen and oxygen atoms in total. The van der Waals surface area contributed by atoms with E-state index in [0.29, 0.717) is 25.1 Å². The molecule has 2 fully saturated rings. The maximum atomic E-state index is 12.9. The molecule has 2 aliphatic rings. The molecule has 2 heterocycles. The van der Waals surface area contributed by atoms with Gasteiger partial charge in [-0.2, -0.15) is 0 Å². The van der Waals surface area contributed by atoms with Gasteiger partial charge in [-0.1, -0.05) is 18.2 Å². The van der Waals surface area contributed by atoms with E-state index in [1.165, 1.54) is 0 Å². The van der Waals surface area contributed by atoms with Crippen LogP contribution in [0.15, 0.2) is 30.3 Å². The van der Waals surface area contributed by atoms with Gasteiger partial charge >= 0.3 is 0 Å². The highest BCUT2D eigenvalue weighted by Gasteiger charge is 2.25. The van der Waals surface area contributed by atoms with E-state index in [1.807, 2.05) is 35.2 Å². The molecule has 25 heavy (non-hydrogen) atoms. The third kappa shape index (κ3) is 5.03. The first kappa shape index (κ1) is 17.9. The molecular formula is C19H27N3O3. The lowest BCUT2D eigenvalue weighted by Crippen LogP contribution is -2.47. The summed E-state index contributed by atoms with van der Waals surface area (Å²) < 4.78 is 5.70. The van der Waals surface area contributed by atoms with E-state index in [9.17, 15) is 9.59 Å². The normalized spacial score (nSPS) is 20.5. The Morgan fingerprint density at radius 2 is 1.96 bits per heavy atom. The van der Waals surface area contributed by atoms with Crippen molar-refractivity contribution in [3.63, 3.8) is 0 Å². The van der Waals surface area contributed by atoms with Crippen molar-refractivity contribution >= 4 is 11.8 Å². The highest BCUT2D eigenvalue weighted by Crippen LogP contribution is 2.16. The maximum Gasteiger partial charge on any atom is 0.253 e. The lowest BCUT2D eigenvalue weighted by molar-refractivity contribution is -0.132. The Labute approximate surface area is 149 Å². The molecule has 2 aliphatic heterocycles. The van der Waals surface area contributed by atoms with Gasteiger partial charge in [0.15, 0.2) is 0 Å². The van der Waals surface area contributed by atoms with Gasteiger partial charge in [0, 0.05) is 57.9 Å². The van der Waals surface area contributed by atoms with E-state index >= 15 is 0 Å². The van der Waals surface area contributed by atoms with Gasteiger partial charge in [0.05, 0.1) is 6.10 Å². The molecule has 1 N–H and O–H groups in total. The summed E-state index contributed by atoms with van der Waals surface area (Å²) in [6, 6.07) is 9.27. The van der Waals surface area contributed by atoms with Crippen LogP contribution in [0.1, 0.15) is 29.6 Å². The minimum absolute atomic E-state index is 0.0239. The standard InChI is InChI=1S/C19H27N3O3/c23-18(21-12-9-20-10-13-21)8-11-22(15-17-7-4-14-25-17)19(24)16-5-2-1-3-6-16/h1-3,5-6,17,20H,4,7-15H2. The quantitative estimate of drug-likeness (QED) is 0.840. The molecule has 2 amide bonds. The number of amides is 2. The van der Waals surface area contributed by atoms with Gasteiger partial charge in [-0.3, -0.25) is 9.59 Å². The molecule has 3 rings (SSSR count). The monoisotopic (exact) mass is 345 g/mol. The first-order valence-electron chi connectivity index (χ1n) is 9.18. The van der Waals surface area contributed by atoms with Crippen molar-refractivity contribution < 1.29 is 14.3 Å². The summed E-state index contributed by atoms with van der Waals surface area (Å²) >= 11 is 0.